The Balaban J connectivity index is 1.47. The van der Waals surface area contributed by atoms with Gasteiger partial charge in [0, 0.05) is 43.8 Å². The quantitative estimate of drug-likeness (QED) is 0.582. The SMILES string of the molecule is CN=C(NCCc1c[nH]c2cc(C)ccc12)NCC1CCN(C)C1. The van der Waals surface area contributed by atoms with Crippen LogP contribution in [0.1, 0.15) is 17.5 Å². The Morgan fingerprint density at radius 1 is 1.38 bits per heavy atom. The van der Waals surface area contributed by atoms with Gasteiger partial charge in [-0.15, -0.1) is 0 Å². The molecule has 3 N–H and O–H groups in total. The van der Waals surface area contributed by atoms with Crippen molar-refractivity contribution in [2.75, 3.05) is 40.3 Å². The molecule has 1 aliphatic heterocycles. The standard InChI is InChI=1S/C19H29N5/c1-14-4-5-17-16(12-22-18(17)10-14)6-8-21-19(20-2)23-11-15-7-9-24(3)13-15/h4-5,10,12,15,22H,6-9,11,13H2,1-3H3,(H2,20,21,23). The van der Waals surface area contributed by atoms with Crippen molar-refractivity contribution in [3.05, 3.63) is 35.5 Å². The number of aliphatic imine (C=N–C) groups is 1. The molecule has 1 atom stereocenters. The second-order valence-electron chi connectivity index (χ2n) is 6.91. The average Bonchev–Trinajstić information content (AvgIpc) is 3.16. The minimum absolute atomic E-state index is 0.727. The highest BCUT2D eigenvalue weighted by Crippen LogP contribution is 2.19. The Kier molecular flexibility index (Phi) is 5.41. The molecule has 0 amide bonds. The van der Waals surface area contributed by atoms with Crippen molar-refractivity contribution < 1.29 is 0 Å². The molecule has 1 aromatic heterocycles. The fraction of sp³-hybridized carbons (Fsp3) is 0.526. The molecule has 0 bridgehead atoms. The maximum Gasteiger partial charge on any atom is 0.190 e. The van der Waals surface area contributed by atoms with E-state index < -0.39 is 0 Å². The van der Waals surface area contributed by atoms with Gasteiger partial charge in [0.2, 0.25) is 0 Å². The molecule has 1 aromatic carbocycles. The third-order valence-electron chi connectivity index (χ3n) is 4.88. The smallest absolute Gasteiger partial charge is 0.190 e. The van der Waals surface area contributed by atoms with E-state index >= 15 is 0 Å². The second kappa shape index (κ2) is 7.71. The van der Waals surface area contributed by atoms with E-state index in [-0.39, 0.29) is 0 Å². The summed E-state index contributed by atoms with van der Waals surface area (Å²) < 4.78 is 0. The van der Waals surface area contributed by atoms with Gasteiger partial charge in [0.15, 0.2) is 5.96 Å². The predicted octanol–water partition coefficient (Wildman–Crippen LogP) is 2.14. The molecule has 24 heavy (non-hydrogen) atoms. The summed E-state index contributed by atoms with van der Waals surface area (Å²) in [4.78, 5) is 10.1. The molecule has 0 saturated carbocycles. The Morgan fingerprint density at radius 3 is 3.00 bits per heavy atom. The fourth-order valence-corrected chi connectivity index (χ4v) is 3.48. The largest absolute Gasteiger partial charge is 0.361 e. The molecular formula is C19H29N5. The summed E-state index contributed by atoms with van der Waals surface area (Å²) in [6, 6.07) is 6.58. The minimum Gasteiger partial charge on any atom is -0.361 e. The van der Waals surface area contributed by atoms with Crippen LogP contribution in [0.3, 0.4) is 0 Å². The molecule has 0 aliphatic carbocycles. The van der Waals surface area contributed by atoms with E-state index in [1.165, 1.54) is 41.5 Å². The molecule has 0 spiro atoms. The lowest BCUT2D eigenvalue weighted by atomic mass is 10.1. The van der Waals surface area contributed by atoms with Crippen LogP contribution in [0, 0.1) is 12.8 Å². The van der Waals surface area contributed by atoms with Gasteiger partial charge in [-0.3, -0.25) is 4.99 Å². The van der Waals surface area contributed by atoms with E-state index in [9.17, 15) is 0 Å². The predicted molar refractivity (Wildman–Crippen MR) is 102 cm³/mol. The number of H-pyrrole nitrogens is 1. The van der Waals surface area contributed by atoms with Crippen LogP contribution in [0.15, 0.2) is 29.4 Å². The van der Waals surface area contributed by atoms with Crippen molar-refractivity contribution in [3.63, 3.8) is 0 Å². The van der Waals surface area contributed by atoms with Crippen molar-refractivity contribution in [2.45, 2.75) is 19.8 Å². The number of rotatable bonds is 5. The number of aryl methyl sites for hydroxylation is 1. The first-order chi connectivity index (χ1) is 11.7. The molecule has 0 radical (unpaired) electrons. The Hall–Kier alpha value is -2.01. The van der Waals surface area contributed by atoms with Gasteiger partial charge in [0.05, 0.1) is 0 Å². The average molecular weight is 327 g/mol. The highest BCUT2D eigenvalue weighted by atomic mass is 15.2. The van der Waals surface area contributed by atoms with Gasteiger partial charge in [-0.05, 0) is 56.5 Å². The Morgan fingerprint density at radius 2 is 2.25 bits per heavy atom. The number of hydrogen-bond donors (Lipinski definition) is 3. The summed E-state index contributed by atoms with van der Waals surface area (Å²) in [7, 11) is 4.03. The summed E-state index contributed by atoms with van der Waals surface area (Å²) >= 11 is 0. The zero-order chi connectivity index (χ0) is 16.9. The van der Waals surface area contributed by atoms with Crippen molar-refractivity contribution in [3.8, 4) is 0 Å². The third-order valence-corrected chi connectivity index (χ3v) is 4.88. The van der Waals surface area contributed by atoms with Crippen LogP contribution in [0.5, 0.6) is 0 Å². The van der Waals surface area contributed by atoms with Crippen molar-refractivity contribution >= 4 is 16.9 Å². The van der Waals surface area contributed by atoms with E-state index in [2.05, 4.69) is 63.9 Å². The van der Waals surface area contributed by atoms with Crippen LogP contribution in [-0.2, 0) is 6.42 Å². The van der Waals surface area contributed by atoms with E-state index in [0.29, 0.717) is 0 Å². The van der Waals surface area contributed by atoms with Gasteiger partial charge in [-0.25, -0.2) is 0 Å². The number of nitrogens with zero attached hydrogens (tertiary/aromatic N) is 2. The molecule has 1 unspecified atom stereocenters. The summed E-state index contributed by atoms with van der Waals surface area (Å²) in [6.45, 7) is 6.39. The lowest BCUT2D eigenvalue weighted by Crippen LogP contribution is -2.40. The van der Waals surface area contributed by atoms with Crippen LogP contribution >= 0.6 is 0 Å². The number of aromatic nitrogens is 1. The van der Waals surface area contributed by atoms with Crippen molar-refractivity contribution in [1.29, 1.82) is 0 Å². The number of hydrogen-bond acceptors (Lipinski definition) is 2. The molecule has 2 heterocycles. The number of benzene rings is 1. The molecule has 3 rings (SSSR count). The zero-order valence-corrected chi connectivity index (χ0v) is 15.0. The van der Waals surface area contributed by atoms with Gasteiger partial charge in [0.1, 0.15) is 0 Å². The monoisotopic (exact) mass is 327 g/mol. The molecule has 1 saturated heterocycles. The van der Waals surface area contributed by atoms with Gasteiger partial charge in [-0.2, -0.15) is 0 Å². The molecule has 5 nitrogen and oxygen atoms in total. The molecule has 130 valence electrons. The second-order valence-corrected chi connectivity index (χ2v) is 6.91. The highest BCUT2D eigenvalue weighted by molar-refractivity contribution is 5.84. The van der Waals surface area contributed by atoms with E-state index in [1.54, 1.807) is 0 Å². The summed E-state index contributed by atoms with van der Waals surface area (Å²) in [5.74, 6) is 1.63. The van der Waals surface area contributed by atoms with Crippen LogP contribution in [0.25, 0.3) is 10.9 Å². The topological polar surface area (TPSA) is 55.5 Å². The Labute approximate surface area is 144 Å². The molecule has 1 fully saturated rings. The van der Waals surface area contributed by atoms with Gasteiger partial charge in [-0.1, -0.05) is 12.1 Å². The van der Waals surface area contributed by atoms with Gasteiger partial charge < -0.3 is 20.5 Å². The number of fused-ring (bicyclic) bond motifs is 1. The summed E-state index contributed by atoms with van der Waals surface area (Å²) in [6.07, 6.45) is 4.38. The van der Waals surface area contributed by atoms with E-state index in [4.69, 9.17) is 0 Å². The maximum absolute atomic E-state index is 4.33. The zero-order valence-electron chi connectivity index (χ0n) is 15.0. The number of guanidine groups is 1. The normalized spacial score (nSPS) is 19.1. The first-order valence-electron chi connectivity index (χ1n) is 8.85. The molecule has 2 aromatic rings. The van der Waals surface area contributed by atoms with Gasteiger partial charge in [0.25, 0.3) is 0 Å². The van der Waals surface area contributed by atoms with Crippen LogP contribution in [0.2, 0.25) is 0 Å². The summed E-state index contributed by atoms with van der Waals surface area (Å²) in [5, 5.41) is 8.21. The number of likely N-dealkylation sites (tertiary alicyclic amines) is 1. The third kappa shape index (κ3) is 4.09. The Bertz CT molecular complexity index is 703. The molecular weight excluding hydrogens is 298 g/mol. The van der Waals surface area contributed by atoms with E-state index in [0.717, 1.165) is 31.4 Å². The first-order valence-corrected chi connectivity index (χ1v) is 8.85. The lowest BCUT2D eigenvalue weighted by molar-refractivity contribution is 0.394. The van der Waals surface area contributed by atoms with Crippen LogP contribution < -0.4 is 10.6 Å². The summed E-state index contributed by atoms with van der Waals surface area (Å²) in [5.41, 5.74) is 3.86. The first kappa shape index (κ1) is 16.8. The molecule has 5 heteroatoms. The molecule has 1 aliphatic rings. The van der Waals surface area contributed by atoms with Crippen LogP contribution in [0.4, 0.5) is 0 Å². The van der Waals surface area contributed by atoms with Crippen LogP contribution in [-0.4, -0.2) is 56.1 Å². The van der Waals surface area contributed by atoms with E-state index in [1.807, 2.05) is 7.05 Å². The minimum atomic E-state index is 0.727. The maximum atomic E-state index is 4.33. The van der Waals surface area contributed by atoms with Gasteiger partial charge >= 0.3 is 0 Å². The van der Waals surface area contributed by atoms with Crippen molar-refractivity contribution in [2.24, 2.45) is 10.9 Å². The number of nitrogens with one attached hydrogen (secondary N) is 3. The fourth-order valence-electron chi connectivity index (χ4n) is 3.48. The lowest BCUT2D eigenvalue weighted by Gasteiger charge is -2.15. The highest BCUT2D eigenvalue weighted by Gasteiger charge is 2.19. The van der Waals surface area contributed by atoms with Crippen molar-refractivity contribution in [1.82, 2.24) is 20.5 Å². The number of aromatic amines is 1.